The van der Waals surface area contributed by atoms with E-state index in [2.05, 4.69) is 0 Å². The molecule has 1 aromatic carbocycles. The van der Waals surface area contributed by atoms with Crippen LogP contribution in [0.5, 0.6) is 0 Å². The Balaban J connectivity index is 2.15. The molecule has 0 aromatic heterocycles. The third-order valence-corrected chi connectivity index (χ3v) is 3.90. The van der Waals surface area contributed by atoms with Crippen LogP contribution in [0.25, 0.3) is 0 Å². The van der Waals surface area contributed by atoms with E-state index in [0.717, 1.165) is 5.56 Å². The fourth-order valence-electron chi connectivity index (χ4n) is 2.81. The number of benzene rings is 1. The van der Waals surface area contributed by atoms with Gasteiger partial charge in [0.1, 0.15) is 17.2 Å². The lowest BCUT2D eigenvalue weighted by Gasteiger charge is -2.35. The Labute approximate surface area is 143 Å². The van der Waals surface area contributed by atoms with Crippen LogP contribution in [0.2, 0.25) is 0 Å². The Morgan fingerprint density at radius 1 is 1.38 bits per heavy atom. The SMILES string of the molecule is CC(C)(C)OC(=O)N1[C@@H](Cc2ccc(C(=N)N)cc2)COC1(C)C. The van der Waals surface area contributed by atoms with Gasteiger partial charge >= 0.3 is 6.09 Å². The Morgan fingerprint density at radius 3 is 2.46 bits per heavy atom. The van der Waals surface area contributed by atoms with Crippen molar-refractivity contribution in [2.75, 3.05) is 6.61 Å². The van der Waals surface area contributed by atoms with Gasteiger partial charge in [0.15, 0.2) is 0 Å². The Hall–Kier alpha value is -2.08. The van der Waals surface area contributed by atoms with Crippen LogP contribution in [-0.2, 0) is 15.9 Å². The highest BCUT2D eigenvalue weighted by Crippen LogP contribution is 2.31. The van der Waals surface area contributed by atoms with Gasteiger partial charge in [-0.3, -0.25) is 10.3 Å². The summed E-state index contributed by atoms with van der Waals surface area (Å²) in [4.78, 5) is 14.3. The van der Waals surface area contributed by atoms with Crippen molar-refractivity contribution in [3.63, 3.8) is 0 Å². The summed E-state index contributed by atoms with van der Waals surface area (Å²) >= 11 is 0. The lowest BCUT2D eigenvalue weighted by atomic mass is 10.0. The average molecular weight is 333 g/mol. The minimum absolute atomic E-state index is 0.0438. The number of nitrogen functional groups attached to an aromatic ring is 1. The first kappa shape index (κ1) is 18.3. The molecule has 1 fully saturated rings. The molecular weight excluding hydrogens is 306 g/mol. The van der Waals surface area contributed by atoms with Gasteiger partial charge in [-0.2, -0.15) is 0 Å². The minimum Gasteiger partial charge on any atom is -0.444 e. The van der Waals surface area contributed by atoms with Crippen LogP contribution in [0.15, 0.2) is 24.3 Å². The van der Waals surface area contributed by atoms with Crippen molar-refractivity contribution in [1.82, 2.24) is 4.90 Å². The Morgan fingerprint density at radius 2 is 1.96 bits per heavy atom. The Bertz CT molecular complexity index is 617. The van der Waals surface area contributed by atoms with E-state index < -0.39 is 11.3 Å². The molecule has 1 aromatic rings. The van der Waals surface area contributed by atoms with Gasteiger partial charge in [-0.25, -0.2) is 4.79 Å². The molecule has 0 unspecified atom stereocenters. The number of amides is 1. The molecule has 1 amide bonds. The summed E-state index contributed by atoms with van der Waals surface area (Å²) in [5, 5.41) is 7.44. The van der Waals surface area contributed by atoms with Gasteiger partial charge in [-0.15, -0.1) is 0 Å². The molecule has 1 atom stereocenters. The monoisotopic (exact) mass is 333 g/mol. The molecule has 1 aliphatic rings. The van der Waals surface area contributed by atoms with Gasteiger partial charge in [0.05, 0.1) is 12.6 Å². The molecule has 0 bridgehead atoms. The Kier molecular flexibility index (Phi) is 4.90. The third kappa shape index (κ3) is 4.26. The van der Waals surface area contributed by atoms with E-state index >= 15 is 0 Å². The van der Waals surface area contributed by atoms with Crippen molar-refractivity contribution >= 4 is 11.9 Å². The number of hydrogen-bond donors (Lipinski definition) is 2. The van der Waals surface area contributed by atoms with Gasteiger partial charge < -0.3 is 15.2 Å². The average Bonchev–Trinajstić information content (AvgIpc) is 2.72. The van der Waals surface area contributed by atoms with Crippen LogP contribution >= 0.6 is 0 Å². The molecule has 6 heteroatoms. The van der Waals surface area contributed by atoms with Crippen LogP contribution in [0.1, 0.15) is 45.7 Å². The van der Waals surface area contributed by atoms with Gasteiger partial charge in [-0.1, -0.05) is 24.3 Å². The maximum atomic E-state index is 12.6. The predicted molar refractivity (Wildman–Crippen MR) is 93.1 cm³/mol. The first-order chi connectivity index (χ1) is 11.0. The van der Waals surface area contributed by atoms with Crippen LogP contribution < -0.4 is 5.73 Å². The van der Waals surface area contributed by atoms with Crippen LogP contribution in [-0.4, -0.2) is 40.8 Å². The highest BCUT2D eigenvalue weighted by atomic mass is 16.6. The lowest BCUT2D eigenvalue weighted by molar-refractivity contribution is -0.0624. The second-order valence-corrected chi connectivity index (χ2v) is 7.58. The molecular formula is C18H27N3O3. The van der Waals surface area contributed by atoms with E-state index in [4.69, 9.17) is 20.6 Å². The summed E-state index contributed by atoms with van der Waals surface area (Å²) in [6.07, 6.45) is 0.288. The van der Waals surface area contributed by atoms with Crippen LogP contribution in [0, 0.1) is 5.41 Å². The molecule has 1 saturated heterocycles. The second-order valence-electron chi connectivity index (χ2n) is 7.58. The van der Waals surface area contributed by atoms with Crippen molar-refractivity contribution < 1.29 is 14.3 Å². The number of nitrogens with zero attached hydrogens (tertiary/aromatic N) is 1. The van der Waals surface area contributed by atoms with Crippen LogP contribution in [0.4, 0.5) is 4.79 Å². The third-order valence-electron chi connectivity index (χ3n) is 3.90. The predicted octanol–water partition coefficient (Wildman–Crippen LogP) is 2.89. The molecule has 0 spiro atoms. The molecule has 132 valence electrons. The normalized spacial score (nSPS) is 20.0. The molecule has 2 rings (SSSR count). The van der Waals surface area contributed by atoms with Crippen molar-refractivity contribution in [3.05, 3.63) is 35.4 Å². The molecule has 0 radical (unpaired) electrons. The van der Waals surface area contributed by atoms with Crippen LogP contribution in [0.3, 0.4) is 0 Å². The number of rotatable bonds is 3. The zero-order chi connectivity index (χ0) is 18.1. The summed E-state index contributed by atoms with van der Waals surface area (Å²) in [6, 6.07) is 7.38. The summed E-state index contributed by atoms with van der Waals surface area (Å²) in [5.41, 5.74) is 5.96. The molecule has 1 aliphatic heterocycles. The van der Waals surface area contributed by atoms with E-state index in [1.165, 1.54) is 0 Å². The quantitative estimate of drug-likeness (QED) is 0.657. The maximum absolute atomic E-state index is 12.6. The standard InChI is InChI=1S/C18H27N3O3/c1-17(2,3)24-16(22)21-14(11-23-18(21,4)5)10-12-6-8-13(9-7-12)15(19)20/h6-9,14H,10-11H2,1-5H3,(H3,19,20)/t14-/m0/s1. The zero-order valence-corrected chi connectivity index (χ0v) is 15.1. The first-order valence-corrected chi connectivity index (χ1v) is 8.09. The van der Waals surface area contributed by atoms with E-state index in [1.807, 2.05) is 58.9 Å². The lowest BCUT2D eigenvalue weighted by Crippen LogP contribution is -2.50. The summed E-state index contributed by atoms with van der Waals surface area (Å²) in [6.45, 7) is 9.76. The summed E-state index contributed by atoms with van der Waals surface area (Å²) in [7, 11) is 0. The number of hydrogen-bond acceptors (Lipinski definition) is 4. The first-order valence-electron chi connectivity index (χ1n) is 8.09. The number of amidine groups is 1. The number of nitrogens with one attached hydrogen (secondary N) is 1. The fraction of sp³-hybridized carbons (Fsp3) is 0.556. The van der Waals surface area contributed by atoms with Crippen molar-refractivity contribution in [2.24, 2.45) is 5.73 Å². The molecule has 0 saturated carbocycles. The highest BCUT2D eigenvalue weighted by molar-refractivity contribution is 5.94. The topological polar surface area (TPSA) is 88.6 Å². The minimum atomic E-state index is -0.702. The van der Waals surface area contributed by atoms with Crippen molar-refractivity contribution in [2.45, 2.75) is 58.4 Å². The summed E-state index contributed by atoms with van der Waals surface area (Å²) < 4.78 is 11.3. The number of carbonyl (C=O) groups excluding carboxylic acids is 1. The number of ether oxygens (including phenoxy) is 2. The van der Waals surface area contributed by atoms with Gasteiger partial charge in [0.2, 0.25) is 0 Å². The van der Waals surface area contributed by atoms with E-state index in [-0.39, 0.29) is 18.0 Å². The molecule has 1 heterocycles. The zero-order valence-electron chi connectivity index (χ0n) is 15.1. The van der Waals surface area contributed by atoms with Crippen molar-refractivity contribution in [1.29, 1.82) is 5.41 Å². The molecule has 24 heavy (non-hydrogen) atoms. The largest absolute Gasteiger partial charge is 0.444 e. The summed E-state index contributed by atoms with van der Waals surface area (Å²) in [5.74, 6) is 0.0438. The maximum Gasteiger partial charge on any atom is 0.412 e. The van der Waals surface area contributed by atoms with E-state index in [0.29, 0.717) is 18.6 Å². The van der Waals surface area contributed by atoms with Gasteiger partial charge in [-0.05, 0) is 46.6 Å². The van der Waals surface area contributed by atoms with Crippen molar-refractivity contribution in [3.8, 4) is 0 Å². The number of carbonyl (C=O) groups is 1. The molecule has 0 aliphatic carbocycles. The van der Waals surface area contributed by atoms with Gasteiger partial charge in [0.25, 0.3) is 0 Å². The second kappa shape index (κ2) is 6.43. The smallest absolute Gasteiger partial charge is 0.412 e. The van der Waals surface area contributed by atoms with E-state index in [1.54, 1.807) is 4.90 Å². The molecule has 6 nitrogen and oxygen atoms in total. The highest BCUT2D eigenvalue weighted by Gasteiger charge is 2.45. The molecule has 3 N–H and O–H groups in total. The van der Waals surface area contributed by atoms with Gasteiger partial charge in [0, 0.05) is 5.56 Å². The fourth-order valence-corrected chi connectivity index (χ4v) is 2.81. The van der Waals surface area contributed by atoms with E-state index in [9.17, 15) is 4.79 Å². The number of nitrogens with two attached hydrogens (primary N) is 1.